The summed E-state index contributed by atoms with van der Waals surface area (Å²) in [5, 5.41) is 8.62. The second-order valence-electron chi connectivity index (χ2n) is 5.09. The fourth-order valence-electron chi connectivity index (χ4n) is 1.90. The highest BCUT2D eigenvalue weighted by Crippen LogP contribution is 2.19. The largest absolute Gasteiger partial charge is 0.478 e. The normalized spacial score (nSPS) is 12.4. The molecule has 116 valence electrons. The number of aliphatic carboxylic acids is 1. The maximum Gasteiger partial charge on any atom is 0.328 e. The Morgan fingerprint density at radius 3 is 2.57 bits per heavy atom. The molecule has 0 amide bonds. The van der Waals surface area contributed by atoms with Gasteiger partial charge in [0, 0.05) is 19.2 Å². The maximum atomic E-state index is 12.6. The predicted molar refractivity (Wildman–Crippen MR) is 82.4 cm³/mol. The first-order valence-electron chi connectivity index (χ1n) is 6.78. The summed E-state index contributed by atoms with van der Waals surface area (Å²) in [6, 6.07) is 6.28. The standard InChI is InChI=1S/C15H21NO4S/c1-4-16(11-12(2)3)21(19,20)14-7-5-6-13(10-14)8-9-15(17)18/h5-10,12H,4,11H2,1-3H3,(H,17,18). The van der Waals surface area contributed by atoms with Crippen molar-refractivity contribution in [1.82, 2.24) is 4.31 Å². The summed E-state index contributed by atoms with van der Waals surface area (Å²) in [6.07, 6.45) is 2.36. The van der Waals surface area contributed by atoms with E-state index in [0.717, 1.165) is 6.08 Å². The van der Waals surface area contributed by atoms with E-state index in [2.05, 4.69) is 0 Å². The van der Waals surface area contributed by atoms with Crippen LogP contribution in [0.4, 0.5) is 0 Å². The van der Waals surface area contributed by atoms with Crippen LogP contribution in [0.1, 0.15) is 26.3 Å². The van der Waals surface area contributed by atoms with Crippen LogP contribution in [-0.2, 0) is 14.8 Å². The first-order chi connectivity index (χ1) is 9.77. The molecule has 0 fully saturated rings. The Hall–Kier alpha value is -1.66. The monoisotopic (exact) mass is 311 g/mol. The zero-order valence-corrected chi connectivity index (χ0v) is 13.3. The molecule has 0 bridgehead atoms. The van der Waals surface area contributed by atoms with Crippen LogP contribution >= 0.6 is 0 Å². The fourth-order valence-corrected chi connectivity index (χ4v) is 3.57. The summed E-state index contributed by atoms with van der Waals surface area (Å²) in [4.78, 5) is 10.7. The second-order valence-corrected chi connectivity index (χ2v) is 7.03. The number of benzene rings is 1. The van der Waals surface area contributed by atoms with Crippen molar-refractivity contribution in [2.75, 3.05) is 13.1 Å². The van der Waals surface area contributed by atoms with Crippen molar-refractivity contribution in [3.8, 4) is 0 Å². The number of carboxylic acid groups (broad SMARTS) is 1. The Morgan fingerprint density at radius 2 is 2.05 bits per heavy atom. The van der Waals surface area contributed by atoms with Crippen LogP contribution in [0, 0.1) is 5.92 Å². The van der Waals surface area contributed by atoms with Crippen molar-refractivity contribution < 1.29 is 18.3 Å². The maximum absolute atomic E-state index is 12.6. The molecule has 0 saturated carbocycles. The van der Waals surface area contributed by atoms with Gasteiger partial charge < -0.3 is 5.11 Å². The van der Waals surface area contributed by atoms with Crippen LogP contribution in [0.15, 0.2) is 35.2 Å². The van der Waals surface area contributed by atoms with Crippen molar-refractivity contribution in [1.29, 1.82) is 0 Å². The van der Waals surface area contributed by atoms with Gasteiger partial charge in [-0.3, -0.25) is 0 Å². The number of nitrogens with zero attached hydrogens (tertiary/aromatic N) is 1. The zero-order chi connectivity index (χ0) is 16.0. The predicted octanol–water partition coefficient (Wildman–Crippen LogP) is 2.45. The molecule has 21 heavy (non-hydrogen) atoms. The minimum Gasteiger partial charge on any atom is -0.478 e. The highest BCUT2D eigenvalue weighted by Gasteiger charge is 2.23. The van der Waals surface area contributed by atoms with Gasteiger partial charge in [0.2, 0.25) is 10.0 Å². The van der Waals surface area contributed by atoms with E-state index in [4.69, 9.17) is 5.11 Å². The van der Waals surface area contributed by atoms with Crippen LogP contribution in [0.2, 0.25) is 0 Å². The van der Waals surface area contributed by atoms with Crippen molar-refractivity contribution >= 4 is 22.1 Å². The average Bonchev–Trinajstić information content (AvgIpc) is 2.42. The molecule has 0 aromatic heterocycles. The third kappa shape index (κ3) is 4.99. The molecule has 0 radical (unpaired) electrons. The molecule has 1 aromatic rings. The molecule has 0 aliphatic heterocycles. The summed E-state index contributed by atoms with van der Waals surface area (Å²) in [7, 11) is -3.56. The summed E-state index contributed by atoms with van der Waals surface area (Å²) in [6.45, 7) is 6.58. The molecule has 0 saturated heterocycles. The molecule has 0 unspecified atom stereocenters. The van der Waals surface area contributed by atoms with Gasteiger partial charge in [-0.15, -0.1) is 0 Å². The van der Waals surface area contributed by atoms with Crippen LogP contribution < -0.4 is 0 Å². The van der Waals surface area contributed by atoms with Crippen molar-refractivity contribution in [3.63, 3.8) is 0 Å². The van der Waals surface area contributed by atoms with E-state index in [1.165, 1.54) is 22.5 Å². The molecule has 5 nitrogen and oxygen atoms in total. The molecular formula is C15H21NO4S. The average molecular weight is 311 g/mol. The van der Waals surface area contributed by atoms with E-state index < -0.39 is 16.0 Å². The van der Waals surface area contributed by atoms with Crippen LogP contribution in [0.3, 0.4) is 0 Å². The van der Waals surface area contributed by atoms with Crippen LogP contribution in [0.25, 0.3) is 6.08 Å². The van der Waals surface area contributed by atoms with Gasteiger partial charge in [-0.05, 0) is 29.7 Å². The summed E-state index contributed by atoms with van der Waals surface area (Å²) >= 11 is 0. The number of hydrogen-bond acceptors (Lipinski definition) is 3. The summed E-state index contributed by atoms with van der Waals surface area (Å²) < 4.78 is 26.6. The smallest absolute Gasteiger partial charge is 0.328 e. The lowest BCUT2D eigenvalue weighted by Gasteiger charge is -2.22. The minimum absolute atomic E-state index is 0.178. The van der Waals surface area contributed by atoms with E-state index >= 15 is 0 Å². The number of hydrogen-bond donors (Lipinski definition) is 1. The van der Waals surface area contributed by atoms with Crippen molar-refractivity contribution in [2.45, 2.75) is 25.7 Å². The first-order valence-corrected chi connectivity index (χ1v) is 8.22. The lowest BCUT2D eigenvalue weighted by atomic mass is 10.2. The summed E-state index contributed by atoms with van der Waals surface area (Å²) in [5.41, 5.74) is 0.541. The molecule has 0 spiro atoms. The van der Waals surface area contributed by atoms with Crippen LogP contribution in [0.5, 0.6) is 0 Å². The Kier molecular flexibility index (Phi) is 6.11. The van der Waals surface area contributed by atoms with Gasteiger partial charge in [0.05, 0.1) is 4.90 Å². The van der Waals surface area contributed by atoms with Gasteiger partial charge >= 0.3 is 5.97 Å². The molecule has 1 rings (SSSR count). The zero-order valence-electron chi connectivity index (χ0n) is 12.5. The fraction of sp³-hybridized carbons (Fsp3) is 0.400. The van der Waals surface area contributed by atoms with Gasteiger partial charge in [-0.25, -0.2) is 13.2 Å². The molecule has 1 aromatic carbocycles. The SMILES string of the molecule is CCN(CC(C)C)S(=O)(=O)c1cccc(C=CC(=O)O)c1. The number of rotatable bonds is 7. The molecule has 0 heterocycles. The van der Waals surface area contributed by atoms with E-state index in [1.807, 2.05) is 13.8 Å². The van der Waals surface area contributed by atoms with E-state index in [1.54, 1.807) is 19.1 Å². The quantitative estimate of drug-likeness (QED) is 0.785. The Balaban J connectivity index is 3.13. The van der Waals surface area contributed by atoms with Gasteiger partial charge in [-0.1, -0.05) is 32.9 Å². The lowest BCUT2D eigenvalue weighted by molar-refractivity contribution is -0.131. The topological polar surface area (TPSA) is 74.7 Å². The van der Waals surface area contributed by atoms with Crippen molar-refractivity contribution in [3.05, 3.63) is 35.9 Å². The molecule has 1 N–H and O–H groups in total. The first kappa shape index (κ1) is 17.4. The molecular weight excluding hydrogens is 290 g/mol. The summed E-state index contributed by atoms with van der Waals surface area (Å²) in [5.74, 6) is -0.840. The molecule has 0 atom stereocenters. The van der Waals surface area contributed by atoms with E-state index in [-0.39, 0.29) is 10.8 Å². The third-order valence-corrected chi connectivity index (χ3v) is 4.77. The van der Waals surface area contributed by atoms with Gasteiger partial charge in [-0.2, -0.15) is 4.31 Å². The number of carbonyl (C=O) groups is 1. The second kappa shape index (κ2) is 7.38. The van der Waals surface area contributed by atoms with Crippen molar-refractivity contribution in [2.24, 2.45) is 5.92 Å². The minimum atomic E-state index is -3.56. The van der Waals surface area contributed by atoms with E-state index in [9.17, 15) is 13.2 Å². The van der Waals surface area contributed by atoms with Gasteiger partial charge in [0.15, 0.2) is 0 Å². The Morgan fingerprint density at radius 1 is 1.38 bits per heavy atom. The molecule has 0 aliphatic carbocycles. The lowest BCUT2D eigenvalue weighted by Crippen LogP contribution is -2.34. The molecule has 6 heteroatoms. The number of carboxylic acids is 1. The number of sulfonamides is 1. The van der Waals surface area contributed by atoms with Crippen LogP contribution in [-0.4, -0.2) is 36.9 Å². The Bertz CT molecular complexity index is 620. The van der Waals surface area contributed by atoms with Gasteiger partial charge in [0.1, 0.15) is 0 Å². The highest BCUT2D eigenvalue weighted by molar-refractivity contribution is 7.89. The molecule has 0 aliphatic rings. The Labute approximate surface area is 126 Å². The highest BCUT2D eigenvalue weighted by atomic mass is 32.2. The van der Waals surface area contributed by atoms with Gasteiger partial charge in [0.25, 0.3) is 0 Å². The van der Waals surface area contributed by atoms with E-state index in [0.29, 0.717) is 18.7 Å². The third-order valence-electron chi connectivity index (χ3n) is 2.84.